The summed E-state index contributed by atoms with van der Waals surface area (Å²) >= 11 is 6.18. The highest BCUT2D eigenvalue weighted by atomic mass is 35.5. The van der Waals surface area contributed by atoms with E-state index in [1.807, 2.05) is 30.3 Å². The second-order valence-electron chi connectivity index (χ2n) is 7.21. The van der Waals surface area contributed by atoms with Crippen LogP contribution in [0.15, 0.2) is 60.8 Å². The van der Waals surface area contributed by atoms with Gasteiger partial charge in [0, 0.05) is 24.2 Å². The van der Waals surface area contributed by atoms with Crippen LogP contribution < -0.4 is 5.32 Å². The van der Waals surface area contributed by atoms with Gasteiger partial charge in [0.15, 0.2) is 5.65 Å². The summed E-state index contributed by atoms with van der Waals surface area (Å²) in [6.07, 6.45) is 1.76. The van der Waals surface area contributed by atoms with Crippen molar-refractivity contribution < 1.29 is 9.18 Å². The molecule has 0 saturated carbocycles. The normalized spacial score (nSPS) is 10.9. The van der Waals surface area contributed by atoms with Gasteiger partial charge < -0.3 is 5.32 Å². The molecule has 0 atom stereocenters. The lowest BCUT2D eigenvalue weighted by Gasteiger charge is -2.08. The number of nitrogens with one attached hydrogen (secondary N) is 1. The van der Waals surface area contributed by atoms with Crippen LogP contribution in [0.1, 0.15) is 15.9 Å². The Balaban J connectivity index is 0.00000259. The molecule has 3 aromatic heterocycles. The summed E-state index contributed by atoms with van der Waals surface area (Å²) < 4.78 is 16.3. The predicted molar refractivity (Wildman–Crippen MR) is 127 cm³/mol. The Morgan fingerprint density at radius 3 is 2.73 bits per heavy atom. The fourth-order valence-electron chi connectivity index (χ4n) is 3.58. The average molecular weight is 483 g/mol. The lowest BCUT2D eigenvalue weighted by atomic mass is 10.1. The fourth-order valence-corrected chi connectivity index (χ4v) is 3.87. The fraction of sp³-hybridized carbons (Fsp3) is 0.0870. The molecule has 0 fully saturated rings. The molecule has 0 radical (unpaired) electrons. The van der Waals surface area contributed by atoms with Crippen LogP contribution in [-0.2, 0) is 6.54 Å². The molecule has 1 N–H and O–H groups in total. The first-order valence-corrected chi connectivity index (χ1v) is 10.2. The van der Waals surface area contributed by atoms with E-state index in [-0.39, 0.29) is 23.0 Å². The Morgan fingerprint density at radius 2 is 1.94 bits per heavy atom. The zero-order chi connectivity index (χ0) is 22.2. The molecule has 33 heavy (non-hydrogen) atoms. The Morgan fingerprint density at radius 1 is 1.12 bits per heavy atom. The first kappa shape index (κ1) is 22.6. The topological polar surface area (TPSA) is 85.6 Å². The summed E-state index contributed by atoms with van der Waals surface area (Å²) in [4.78, 5) is 20.8. The van der Waals surface area contributed by atoms with E-state index < -0.39 is 11.7 Å². The second kappa shape index (κ2) is 9.09. The second-order valence-corrected chi connectivity index (χ2v) is 7.62. The first-order valence-electron chi connectivity index (χ1n) is 9.79. The van der Waals surface area contributed by atoms with Gasteiger partial charge in [-0.15, -0.1) is 17.5 Å². The maximum Gasteiger partial charge on any atom is 0.255 e. The molecule has 0 unspecified atom stereocenters. The van der Waals surface area contributed by atoms with Crippen LogP contribution in [0, 0.1) is 5.82 Å². The van der Waals surface area contributed by atoms with Crippen molar-refractivity contribution in [3.05, 3.63) is 82.8 Å². The predicted octanol–water partition coefficient (Wildman–Crippen LogP) is 4.66. The summed E-state index contributed by atoms with van der Waals surface area (Å²) in [7, 11) is 1.42. The molecule has 0 aliphatic rings. The van der Waals surface area contributed by atoms with E-state index in [4.69, 9.17) is 11.6 Å². The Kier molecular flexibility index (Phi) is 6.22. The standard InChI is InChI=1S/C23H16ClFN6O.ClH/c1-26-23(32)21-16(24)10-15(11-17(21)25)19-6-7-20-22(28-19)31(30-29-20)12-13-4-5-18-14(9-13)3-2-8-27-18;/h2-11H,12H2,1H3,(H,26,32);1H. The highest BCUT2D eigenvalue weighted by Crippen LogP contribution is 2.28. The van der Waals surface area contributed by atoms with Crippen molar-refractivity contribution in [1.29, 1.82) is 0 Å². The number of fused-ring (bicyclic) bond motifs is 2. The van der Waals surface area contributed by atoms with Gasteiger partial charge in [0.25, 0.3) is 5.91 Å². The maximum absolute atomic E-state index is 14.6. The van der Waals surface area contributed by atoms with Crippen molar-refractivity contribution in [2.24, 2.45) is 0 Å². The van der Waals surface area contributed by atoms with Gasteiger partial charge >= 0.3 is 0 Å². The molecule has 0 bridgehead atoms. The first-order chi connectivity index (χ1) is 15.5. The van der Waals surface area contributed by atoms with E-state index in [9.17, 15) is 9.18 Å². The van der Waals surface area contributed by atoms with Gasteiger partial charge in [-0.25, -0.2) is 14.1 Å². The van der Waals surface area contributed by atoms with Crippen LogP contribution >= 0.6 is 24.0 Å². The van der Waals surface area contributed by atoms with Gasteiger partial charge in [-0.1, -0.05) is 28.9 Å². The number of carbonyl (C=O) groups excluding carboxylic acids is 1. The van der Waals surface area contributed by atoms with Crippen molar-refractivity contribution >= 4 is 52.0 Å². The van der Waals surface area contributed by atoms with Crippen LogP contribution in [0.4, 0.5) is 4.39 Å². The summed E-state index contributed by atoms with van der Waals surface area (Å²) in [6.45, 7) is 0.461. The number of carbonyl (C=O) groups is 1. The third-order valence-electron chi connectivity index (χ3n) is 5.15. The van der Waals surface area contributed by atoms with E-state index in [0.29, 0.717) is 29.0 Å². The summed E-state index contributed by atoms with van der Waals surface area (Å²) in [5, 5.41) is 11.8. The van der Waals surface area contributed by atoms with Crippen LogP contribution in [-0.4, -0.2) is 37.9 Å². The summed E-state index contributed by atoms with van der Waals surface area (Å²) in [5.74, 6) is -1.31. The lowest BCUT2D eigenvalue weighted by Crippen LogP contribution is -2.19. The van der Waals surface area contributed by atoms with Gasteiger partial charge in [-0.05, 0) is 48.0 Å². The molecule has 0 aliphatic carbocycles. The average Bonchev–Trinajstić information content (AvgIpc) is 3.20. The van der Waals surface area contributed by atoms with Gasteiger partial charge in [0.1, 0.15) is 11.3 Å². The van der Waals surface area contributed by atoms with Gasteiger partial charge in [-0.3, -0.25) is 9.78 Å². The molecule has 2 aromatic carbocycles. The number of halogens is 3. The van der Waals surface area contributed by atoms with Crippen molar-refractivity contribution in [3.63, 3.8) is 0 Å². The number of rotatable bonds is 4. The minimum atomic E-state index is -0.717. The quantitative estimate of drug-likeness (QED) is 0.402. The van der Waals surface area contributed by atoms with E-state index in [0.717, 1.165) is 16.5 Å². The highest BCUT2D eigenvalue weighted by Gasteiger charge is 2.18. The SMILES string of the molecule is CNC(=O)c1c(F)cc(-c2ccc3nnn(Cc4ccc5ncccc5c4)c3n2)cc1Cl.Cl. The monoisotopic (exact) mass is 482 g/mol. The van der Waals surface area contributed by atoms with E-state index in [1.165, 1.54) is 19.2 Å². The van der Waals surface area contributed by atoms with E-state index in [2.05, 4.69) is 25.6 Å². The number of hydrogen-bond acceptors (Lipinski definition) is 5. The molecule has 3 heterocycles. The zero-order valence-corrected chi connectivity index (χ0v) is 18.9. The Bertz CT molecular complexity index is 1480. The van der Waals surface area contributed by atoms with Gasteiger partial charge in [0.2, 0.25) is 0 Å². The van der Waals surface area contributed by atoms with Crippen molar-refractivity contribution in [1.82, 2.24) is 30.3 Å². The molecule has 0 saturated heterocycles. The number of pyridine rings is 2. The number of hydrogen-bond donors (Lipinski definition) is 1. The van der Waals surface area contributed by atoms with Crippen LogP contribution in [0.25, 0.3) is 33.3 Å². The molecule has 1 amide bonds. The van der Waals surface area contributed by atoms with Crippen LogP contribution in [0.5, 0.6) is 0 Å². The van der Waals surface area contributed by atoms with Gasteiger partial charge in [0.05, 0.1) is 28.3 Å². The molecule has 7 nitrogen and oxygen atoms in total. The smallest absolute Gasteiger partial charge is 0.255 e. The molecule has 0 aliphatic heterocycles. The maximum atomic E-state index is 14.6. The third-order valence-corrected chi connectivity index (χ3v) is 5.45. The molecule has 10 heteroatoms. The largest absolute Gasteiger partial charge is 0.355 e. The molecule has 166 valence electrons. The molecule has 0 spiro atoms. The third kappa shape index (κ3) is 4.22. The van der Waals surface area contributed by atoms with E-state index in [1.54, 1.807) is 23.0 Å². The summed E-state index contributed by atoms with van der Waals surface area (Å²) in [5.41, 5.74) is 3.86. The van der Waals surface area contributed by atoms with Crippen LogP contribution in [0.2, 0.25) is 5.02 Å². The minimum Gasteiger partial charge on any atom is -0.355 e. The number of benzene rings is 2. The molecular formula is C23H17Cl2FN6O. The Labute approximate surface area is 199 Å². The Hall–Kier alpha value is -3.62. The lowest BCUT2D eigenvalue weighted by molar-refractivity contribution is 0.0959. The van der Waals surface area contributed by atoms with Crippen molar-refractivity contribution in [2.45, 2.75) is 6.54 Å². The zero-order valence-electron chi connectivity index (χ0n) is 17.3. The van der Waals surface area contributed by atoms with Crippen molar-refractivity contribution in [3.8, 4) is 11.3 Å². The minimum absolute atomic E-state index is 0. The number of aromatic nitrogens is 5. The van der Waals surface area contributed by atoms with Gasteiger partial charge in [-0.2, -0.15) is 0 Å². The van der Waals surface area contributed by atoms with Crippen LogP contribution in [0.3, 0.4) is 0 Å². The van der Waals surface area contributed by atoms with Crippen molar-refractivity contribution in [2.75, 3.05) is 7.05 Å². The molecule has 5 rings (SSSR count). The summed E-state index contributed by atoms with van der Waals surface area (Å²) in [6, 6.07) is 16.1. The number of nitrogens with zero attached hydrogens (tertiary/aromatic N) is 5. The highest BCUT2D eigenvalue weighted by molar-refractivity contribution is 6.34. The molecule has 5 aromatic rings. The molecular weight excluding hydrogens is 466 g/mol. The number of amides is 1. The van der Waals surface area contributed by atoms with E-state index >= 15 is 0 Å².